The molecule has 0 radical (unpaired) electrons. The summed E-state index contributed by atoms with van der Waals surface area (Å²) in [7, 11) is 0. The first-order valence-corrected chi connectivity index (χ1v) is 6.37. The minimum atomic E-state index is -0.277. The van der Waals surface area contributed by atoms with Crippen LogP contribution in [0.3, 0.4) is 0 Å². The Balaban J connectivity index is 2.17. The van der Waals surface area contributed by atoms with Crippen LogP contribution in [0.15, 0.2) is 52.8 Å². The van der Waals surface area contributed by atoms with E-state index in [2.05, 4.69) is 0 Å². The van der Waals surface area contributed by atoms with Gasteiger partial charge in [0, 0.05) is 5.38 Å². The third-order valence-electron chi connectivity index (χ3n) is 2.75. The highest BCUT2D eigenvalue weighted by Gasteiger charge is 2.13. The van der Waals surface area contributed by atoms with Crippen molar-refractivity contribution in [3.8, 4) is 5.88 Å². The third-order valence-corrected chi connectivity index (χ3v) is 3.64. The van der Waals surface area contributed by atoms with Gasteiger partial charge in [-0.15, -0.1) is 0 Å². The Hall–Kier alpha value is -2.14. The monoisotopic (exact) mass is 258 g/mol. The molecule has 3 rings (SSSR count). The third kappa shape index (κ3) is 1.78. The van der Waals surface area contributed by atoms with Crippen LogP contribution in [-0.4, -0.2) is 4.40 Å². The molecular formula is C13H10N2O2S. The molecule has 2 heterocycles. The lowest BCUT2D eigenvalue weighted by Crippen LogP contribution is -2.42. The van der Waals surface area contributed by atoms with Crippen LogP contribution in [0.1, 0.15) is 5.56 Å². The molecule has 5 heteroatoms. The van der Waals surface area contributed by atoms with Gasteiger partial charge in [0.15, 0.2) is 0 Å². The number of fused-ring (bicyclic) bond motifs is 1. The minimum Gasteiger partial charge on any atom is -0.842 e. The molecule has 0 unspecified atom stereocenters. The number of hydrogen-bond donors (Lipinski definition) is 0. The van der Waals surface area contributed by atoms with E-state index in [0.29, 0.717) is 11.5 Å². The van der Waals surface area contributed by atoms with Crippen LogP contribution in [0.2, 0.25) is 0 Å². The number of benzene rings is 1. The zero-order valence-electron chi connectivity index (χ0n) is 9.45. The predicted molar refractivity (Wildman–Crippen MR) is 66.7 cm³/mol. The van der Waals surface area contributed by atoms with Crippen LogP contribution < -0.4 is 15.2 Å². The first-order chi connectivity index (χ1) is 8.75. The number of nitrogens with zero attached hydrogens (tertiary/aromatic N) is 2. The predicted octanol–water partition coefficient (Wildman–Crippen LogP) is 0.770. The van der Waals surface area contributed by atoms with Crippen LogP contribution in [0.25, 0.3) is 4.96 Å². The summed E-state index contributed by atoms with van der Waals surface area (Å²) in [4.78, 5) is 12.3. The molecule has 0 bridgehead atoms. The second-order valence-electron chi connectivity index (χ2n) is 3.95. The quantitative estimate of drug-likeness (QED) is 0.637. The molecule has 0 aliphatic carbocycles. The Labute approximate surface area is 107 Å². The van der Waals surface area contributed by atoms with E-state index in [-0.39, 0.29) is 11.4 Å². The zero-order chi connectivity index (χ0) is 12.5. The van der Waals surface area contributed by atoms with E-state index in [4.69, 9.17) is 0 Å². The van der Waals surface area contributed by atoms with Gasteiger partial charge in [-0.1, -0.05) is 41.7 Å². The van der Waals surface area contributed by atoms with Gasteiger partial charge < -0.3 is 5.11 Å². The van der Waals surface area contributed by atoms with Crippen molar-refractivity contribution in [1.29, 1.82) is 0 Å². The van der Waals surface area contributed by atoms with Crippen molar-refractivity contribution < 1.29 is 9.67 Å². The van der Waals surface area contributed by atoms with Gasteiger partial charge in [-0.3, -0.25) is 0 Å². The van der Waals surface area contributed by atoms with Gasteiger partial charge in [-0.2, -0.15) is 4.40 Å². The van der Waals surface area contributed by atoms with Crippen molar-refractivity contribution in [1.82, 2.24) is 4.40 Å². The van der Waals surface area contributed by atoms with Crippen molar-refractivity contribution in [2.45, 2.75) is 6.54 Å². The molecule has 0 saturated heterocycles. The van der Waals surface area contributed by atoms with Gasteiger partial charge in [0.05, 0.1) is 11.9 Å². The van der Waals surface area contributed by atoms with E-state index in [1.54, 1.807) is 16.1 Å². The maximum atomic E-state index is 11.9. The average molecular weight is 258 g/mol. The average Bonchev–Trinajstić information content (AvgIpc) is 2.85. The van der Waals surface area contributed by atoms with Gasteiger partial charge >= 0.3 is 10.5 Å². The molecule has 0 atom stereocenters. The van der Waals surface area contributed by atoms with E-state index < -0.39 is 0 Å². The molecule has 4 nitrogen and oxygen atoms in total. The highest BCUT2D eigenvalue weighted by Crippen LogP contribution is 2.08. The Kier molecular flexibility index (Phi) is 2.60. The molecule has 0 amide bonds. The first kappa shape index (κ1) is 11.0. The molecule has 1 aromatic carbocycles. The zero-order valence-corrected chi connectivity index (χ0v) is 10.3. The molecule has 0 aliphatic rings. The summed E-state index contributed by atoms with van der Waals surface area (Å²) in [5.41, 5.74) is 0.758. The van der Waals surface area contributed by atoms with Crippen LogP contribution in [0, 0.1) is 0 Å². The Morgan fingerprint density at radius 2 is 2.06 bits per heavy atom. The molecule has 18 heavy (non-hydrogen) atoms. The van der Waals surface area contributed by atoms with Crippen LogP contribution in [0.5, 0.6) is 5.88 Å². The summed E-state index contributed by atoms with van der Waals surface area (Å²) in [6, 6.07) is 10.8. The van der Waals surface area contributed by atoms with Gasteiger partial charge in [-0.25, -0.2) is 9.36 Å². The lowest BCUT2D eigenvalue weighted by atomic mass is 10.2. The summed E-state index contributed by atoms with van der Waals surface area (Å²) < 4.78 is 3.11. The number of rotatable bonds is 2. The lowest BCUT2D eigenvalue weighted by Gasteiger charge is -2.10. The number of aromatic nitrogens is 2. The molecule has 2 aromatic heterocycles. The summed E-state index contributed by atoms with van der Waals surface area (Å²) in [6.45, 7) is 0.476. The van der Waals surface area contributed by atoms with E-state index in [9.17, 15) is 9.90 Å². The largest absolute Gasteiger partial charge is 0.842 e. The smallest absolute Gasteiger partial charge is 0.348 e. The fourth-order valence-electron chi connectivity index (χ4n) is 1.89. The Morgan fingerprint density at radius 3 is 2.83 bits per heavy atom. The fraction of sp³-hybridized carbons (Fsp3) is 0.0769. The first-order valence-electron chi connectivity index (χ1n) is 5.49. The SMILES string of the molecule is O=c1cc([O-])[n+](Cc2ccccc2)c2sccn12. The topological polar surface area (TPSA) is 48.4 Å². The summed E-state index contributed by atoms with van der Waals surface area (Å²) in [5, 5.41) is 13.7. The molecule has 0 saturated carbocycles. The van der Waals surface area contributed by atoms with Crippen molar-refractivity contribution in [2.75, 3.05) is 0 Å². The minimum absolute atomic E-state index is 0.258. The van der Waals surface area contributed by atoms with Crippen molar-refractivity contribution in [3.05, 3.63) is 63.9 Å². The highest BCUT2D eigenvalue weighted by molar-refractivity contribution is 7.14. The van der Waals surface area contributed by atoms with Crippen molar-refractivity contribution in [2.24, 2.45) is 0 Å². The van der Waals surface area contributed by atoms with Crippen LogP contribution in [-0.2, 0) is 6.54 Å². The Bertz CT molecular complexity index is 747. The maximum absolute atomic E-state index is 11.9. The van der Waals surface area contributed by atoms with Crippen LogP contribution >= 0.6 is 11.3 Å². The number of hydrogen-bond acceptors (Lipinski definition) is 3. The molecule has 3 aromatic rings. The molecule has 0 spiro atoms. The van der Waals surface area contributed by atoms with E-state index >= 15 is 0 Å². The van der Waals surface area contributed by atoms with Gasteiger partial charge in [0.25, 0.3) is 0 Å². The summed E-state index contributed by atoms with van der Waals surface area (Å²) in [6.07, 6.45) is 1.68. The fourth-order valence-corrected chi connectivity index (χ4v) is 2.74. The molecule has 90 valence electrons. The van der Waals surface area contributed by atoms with Gasteiger partial charge in [0.2, 0.25) is 0 Å². The molecular weight excluding hydrogens is 248 g/mol. The van der Waals surface area contributed by atoms with Gasteiger partial charge in [-0.05, 0) is 5.56 Å². The highest BCUT2D eigenvalue weighted by atomic mass is 32.1. The van der Waals surface area contributed by atoms with Crippen LogP contribution in [0.4, 0.5) is 0 Å². The van der Waals surface area contributed by atoms with Gasteiger partial charge in [0.1, 0.15) is 12.7 Å². The molecule has 0 aliphatic heterocycles. The van der Waals surface area contributed by atoms with E-state index in [1.807, 2.05) is 30.3 Å². The second kappa shape index (κ2) is 4.27. The number of thiazole rings is 1. The Morgan fingerprint density at radius 1 is 1.28 bits per heavy atom. The second-order valence-corrected chi connectivity index (χ2v) is 4.82. The van der Waals surface area contributed by atoms with E-state index in [0.717, 1.165) is 11.6 Å². The maximum Gasteiger partial charge on any atom is 0.348 e. The molecule has 0 N–H and O–H groups in total. The summed E-state index contributed by atoms with van der Waals surface area (Å²) in [5.74, 6) is -0.258. The molecule has 0 fully saturated rings. The summed E-state index contributed by atoms with van der Waals surface area (Å²) >= 11 is 1.39. The standard InChI is InChI=1S/C13H10N2O2S/c16-11-8-12(17)15(13-14(11)6-7-18-13)9-10-4-2-1-3-5-10/h1-8H,9H2. The van der Waals surface area contributed by atoms with Crippen molar-refractivity contribution in [3.63, 3.8) is 0 Å². The lowest BCUT2D eigenvalue weighted by molar-refractivity contribution is -0.707. The van der Waals surface area contributed by atoms with E-state index in [1.165, 1.54) is 15.7 Å². The van der Waals surface area contributed by atoms with Crippen molar-refractivity contribution >= 4 is 16.3 Å². The normalized spacial score (nSPS) is 10.9.